The number of rotatable bonds is 6. The van der Waals surface area contributed by atoms with Crippen LogP contribution in [-0.4, -0.2) is 30.0 Å². The number of aliphatic carboxylic acids is 1. The minimum Gasteiger partial charge on any atom is -0.497 e. The Hall–Kier alpha value is -3.61. The van der Waals surface area contributed by atoms with Gasteiger partial charge in [-0.1, -0.05) is 18.2 Å². The van der Waals surface area contributed by atoms with Crippen LogP contribution in [0, 0.1) is 23.7 Å². The lowest BCUT2D eigenvalue weighted by Crippen LogP contribution is -2.36. The Morgan fingerprint density at radius 2 is 1.57 bits per heavy atom. The molecule has 0 aliphatic heterocycles. The van der Waals surface area contributed by atoms with Gasteiger partial charge in [0.1, 0.15) is 5.75 Å². The fourth-order valence-electron chi connectivity index (χ4n) is 4.35. The second kappa shape index (κ2) is 8.02. The predicted octanol–water partition coefficient (Wildman–Crippen LogP) is 3.41. The number of allylic oxidation sites excluding steroid dienone is 2. The highest BCUT2D eigenvalue weighted by molar-refractivity contribution is 6.04. The Labute approximate surface area is 173 Å². The van der Waals surface area contributed by atoms with Crippen LogP contribution in [0.25, 0.3) is 0 Å². The average molecular weight is 406 g/mol. The van der Waals surface area contributed by atoms with Crippen molar-refractivity contribution in [2.24, 2.45) is 23.7 Å². The van der Waals surface area contributed by atoms with Crippen LogP contribution in [-0.2, 0) is 9.59 Å². The number of fused-ring (bicyclic) bond motifs is 2. The molecule has 0 heterocycles. The van der Waals surface area contributed by atoms with E-state index >= 15 is 0 Å². The van der Waals surface area contributed by atoms with Crippen molar-refractivity contribution in [3.63, 3.8) is 0 Å². The van der Waals surface area contributed by atoms with E-state index in [2.05, 4.69) is 10.6 Å². The molecule has 0 radical (unpaired) electrons. The van der Waals surface area contributed by atoms with Crippen LogP contribution in [0.15, 0.2) is 60.7 Å². The van der Waals surface area contributed by atoms with Crippen LogP contribution >= 0.6 is 0 Å². The van der Waals surface area contributed by atoms with Crippen molar-refractivity contribution in [2.45, 2.75) is 6.42 Å². The van der Waals surface area contributed by atoms with Crippen molar-refractivity contribution in [2.75, 3.05) is 17.7 Å². The zero-order valence-corrected chi connectivity index (χ0v) is 16.4. The monoisotopic (exact) mass is 406 g/mol. The number of methoxy groups -OCH3 is 1. The second-order valence-electron chi connectivity index (χ2n) is 7.59. The lowest BCUT2D eigenvalue weighted by molar-refractivity contribution is -0.146. The van der Waals surface area contributed by atoms with E-state index in [1.807, 2.05) is 12.2 Å². The molecule has 0 saturated heterocycles. The van der Waals surface area contributed by atoms with Crippen LogP contribution in [0.1, 0.15) is 16.8 Å². The van der Waals surface area contributed by atoms with Crippen molar-refractivity contribution >= 4 is 29.2 Å². The van der Waals surface area contributed by atoms with Crippen molar-refractivity contribution in [1.82, 2.24) is 0 Å². The molecule has 2 amide bonds. The molecule has 7 heteroatoms. The van der Waals surface area contributed by atoms with Crippen LogP contribution in [0.5, 0.6) is 5.75 Å². The quantitative estimate of drug-likeness (QED) is 0.638. The summed E-state index contributed by atoms with van der Waals surface area (Å²) in [6, 6.07) is 13.6. The maximum atomic E-state index is 12.7. The normalized spacial score (nSPS) is 23.8. The molecular weight excluding hydrogens is 384 g/mol. The van der Waals surface area contributed by atoms with Crippen LogP contribution in [0.3, 0.4) is 0 Å². The number of hydrogen-bond donors (Lipinski definition) is 3. The van der Waals surface area contributed by atoms with E-state index in [0.717, 1.165) is 0 Å². The molecule has 4 atom stereocenters. The Morgan fingerprint density at radius 1 is 0.933 bits per heavy atom. The highest BCUT2D eigenvalue weighted by Crippen LogP contribution is 2.48. The van der Waals surface area contributed by atoms with Gasteiger partial charge in [-0.05, 0) is 60.7 Å². The predicted molar refractivity (Wildman–Crippen MR) is 111 cm³/mol. The number of carbonyl (C=O) groups is 3. The molecule has 1 saturated carbocycles. The molecular formula is C23H22N2O5. The standard InChI is InChI=1S/C23H22N2O5/c1-30-18-4-2-3-15(12-18)21(26)24-16-7-9-17(10-8-16)25-22(27)19-13-5-6-14(11-13)20(19)23(28)29/h2-10,12-14,19-20H,11H2,1H3,(H,24,26)(H,25,27)(H,28,29)/t13-,14-,19-,20+/m0/s1. The van der Waals surface area contributed by atoms with E-state index in [4.69, 9.17) is 4.74 Å². The number of benzene rings is 2. The van der Waals surface area contributed by atoms with Crippen LogP contribution in [0.4, 0.5) is 11.4 Å². The Bertz CT molecular complexity index is 1010. The lowest BCUT2D eigenvalue weighted by atomic mass is 9.82. The maximum Gasteiger partial charge on any atom is 0.307 e. The van der Waals surface area contributed by atoms with Gasteiger partial charge in [-0.2, -0.15) is 0 Å². The molecule has 3 N–H and O–H groups in total. The molecule has 0 unspecified atom stereocenters. The van der Waals surface area contributed by atoms with Gasteiger partial charge in [0.15, 0.2) is 0 Å². The first-order valence-electron chi connectivity index (χ1n) is 9.73. The lowest BCUT2D eigenvalue weighted by Gasteiger charge is -2.23. The summed E-state index contributed by atoms with van der Waals surface area (Å²) in [5.41, 5.74) is 1.60. The molecule has 0 spiro atoms. The van der Waals surface area contributed by atoms with E-state index in [0.29, 0.717) is 29.1 Å². The third kappa shape index (κ3) is 3.78. The number of carboxylic acids is 1. The van der Waals surface area contributed by atoms with Gasteiger partial charge in [0.25, 0.3) is 5.91 Å². The van der Waals surface area contributed by atoms with Gasteiger partial charge in [0.05, 0.1) is 18.9 Å². The number of anilines is 2. The molecule has 4 rings (SSSR count). The molecule has 0 aromatic heterocycles. The van der Waals surface area contributed by atoms with Crippen molar-refractivity contribution < 1.29 is 24.2 Å². The minimum absolute atomic E-state index is 0.0301. The summed E-state index contributed by atoms with van der Waals surface area (Å²) < 4.78 is 5.13. The van der Waals surface area contributed by atoms with Crippen LogP contribution < -0.4 is 15.4 Å². The van der Waals surface area contributed by atoms with Gasteiger partial charge in [0, 0.05) is 16.9 Å². The molecule has 7 nitrogen and oxygen atoms in total. The number of hydrogen-bond acceptors (Lipinski definition) is 4. The molecule has 30 heavy (non-hydrogen) atoms. The maximum absolute atomic E-state index is 12.7. The fourth-order valence-corrected chi connectivity index (χ4v) is 4.35. The summed E-state index contributed by atoms with van der Waals surface area (Å²) in [5, 5.41) is 15.1. The van der Waals surface area contributed by atoms with Gasteiger partial charge in [-0.15, -0.1) is 0 Å². The second-order valence-corrected chi connectivity index (χ2v) is 7.59. The summed E-state index contributed by atoms with van der Waals surface area (Å²) in [6.45, 7) is 0. The number of nitrogens with one attached hydrogen (secondary N) is 2. The van der Waals surface area contributed by atoms with Crippen molar-refractivity contribution in [3.8, 4) is 5.75 Å². The molecule has 2 aromatic carbocycles. The summed E-state index contributed by atoms with van der Waals surface area (Å²) in [7, 11) is 1.54. The highest BCUT2D eigenvalue weighted by atomic mass is 16.5. The Balaban J connectivity index is 1.40. The van der Waals surface area contributed by atoms with Crippen molar-refractivity contribution in [1.29, 1.82) is 0 Å². The zero-order chi connectivity index (χ0) is 21.3. The minimum atomic E-state index is -0.928. The highest BCUT2D eigenvalue weighted by Gasteiger charge is 2.51. The Morgan fingerprint density at radius 3 is 2.20 bits per heavy atom. The molecule has 2 bridgehead atoms. The van der Waals surface area contributed by atoms with Crippen LogP contribution in [0.2, 0.25) is 0 Å². The average Bonchev–Trinajstić information content (AvgIpc) is 3.37. The fraction of sp³-hybridized carbons (Fsp3) is 0.261. The van der Waals surface area contributed by atoms with Crippen molar-refractivity contribution in [3.05, 3.63) is 66.2 Å². The molecule has 2 aliphatic carbocycles. The summed E-state index contributed by atoms with van der Waals surface area (Å²) in [4.78, 5) is 36.7. The third-order valence-corrected chi connectivity index (χ3v) is 5.79. The van der Waals surface area contributed by atoms with Gasteiger partial charge in [-0.25, -0.2) is 0 Å². The van der Waals surface area contributed by atoms with E-state index in [1.165, 1.54) is 7.11 Å². The molecule has 1 fully saturated rings. The molecule has 2 aliphatic rings. The molecule has 154 valence electrons. The van der Waals surface area contributed by atoms with E-state index in [-0.39, 0.29) is 23.7 Å². The first-order valence-corrected chi connectivity index (χ1v) is 9.73. The zero-order valence-electron chi connectivity index (χ0n) is 16.4. The van der Waals surface area contributed by atoms with Gasteiger partial charge >= 0.3 is 5.97 Å². The summed E-state index contributed by atoms with van der Waals surface area (Å²) >= 11 is 0. The topological polar surface area (TPSA) is 105 Å². The van der Waals surface area contributed by atoms with E-state index in [1.54, 1.807) is 48.5 Å². The summed E-state index contributed by atoms with van der Waals surface area (Å²) in [6.07, 6.45) is 4.57. The third-order valence-electron chi connectivity index (χ3n) is 5.79. The number of carbonyl (C=O) groups excluding carboxylic acids is 2. The first-order chi connectivity index (χ1) is 14.5. The molecule has 2 aromatic rings. The van der Waals surface area contributed by atoms with E-state index in [9.17, 15) is 19.5 Å². The SMILES string of the molecule is COc1cccc(C(=O)Nc2ccc(NC(=O)[C@@H]3[C@H](C(=O)O)[C@H]4C=C[C@H]3C4)cc2)c1. The Kier molecular flexibility index (Phi) is 5.27. The smallest absolute Gasteiger partial charge is 0.307 e. The number of carboxylic acid groups (broad SMARTS) is 1. The summed E-state index contributed by atoms with van der Waals surface area (Å²) in [5.74, 6) is -2.24. The van der Waals surface area contributed by atoms with Gasteiger partial charge in [-0.3, -0.25) is 14.4 Å². The number of amides is 2. The van der Waals surface area contributed by atoms with E-state index < -0.39 is 17.8 Å². The first kappa shape index (κ1) is 19.7. The van der Waals surface area contributed by atoms with Gasteiger partial charge < -0.3 is 20.5 Å². The number of ether oxygens (including phenoxy) is 1. The largest absolute Gasteiger partial charge is 0.497 e. The van der Waals surface area contributed by atoms with Gasteiger partial charge in [0.2, 0.25) is 5.91 Å².